The van der Waals surface area contributed by atoms with E-state index in [0.717, 1.165) is 28.5 Å². The van der Waals surface area contributed by atoms with Gasteiger partial charge in [-0.25, -0.2) is 5.43 Å². The van der Waals surface area contributed by atoms with Crippen LogP contribution in [0.2, 0.25) is 0 Å². The van der Waals surface area contributed by atoms with Crippen molar-refractivity contribution >= 4 is 73.2 Å². The number of nitrogens with zero attached hydrogens (tertiary/aromatic N) is 2. The van der Waals surface area contributed by atoms with Gasteiger partial charge in [-0.05, 0) is 92.7 Å². The molecule has 0 atom stereocenters. The van der Waals surface area contributed by atoms with Crippen molar-refractivity contribution in [3.63, 3.8) is 0 Å². The van der Waals surface area contributed by atoms with E-state index >= 15 is 0 Å². The summed E-state index contributed by atoms with van der Waals surface area (Å²) in [6, 6.07) is 15.2. The Kier molecular flexibility index (Phi) is 7.80. The van der Waals surface area contributed by atoms with Gasteiger partial charge in [-0.2, -0.15) is 5.10 Å². The molecule has 1 amide bonds. The van der Waals surface area contributed by atoms with Crippen LogP contribution in [-0.4, -0.2) is 17.1 Å². The van der Waals surface area contributed by atoms with Gasteiger partial charge < -0.3 is 4.74 Å². The second kappa shape index (κ2) is 10.3. The molecule has 0 spiro atoms. The Bertz CT molecular complexity index is 973. The van der Waals surface area contributed by atoms with Crippen LogP contribution in [0, 0.1) is 7.14 Å². The average molecular weight is 662 g/mol. The SMILES string of the molecule is O=C(N/N=C/c1cc(I)c(OCc2ccc(Br)cc2)c(I)c1)c1ccncc1. The molecular formula is C20H14BrI2N3O2. The van der Waals surface area contributed by atoms with Crippen LogP contribution in [0.15, 0.2) is 70.5 Å². The maximum absolute atomic E-state index is 12.0. The number of hydrazone groups is 1. The normalized spacial score (nSPS) is 10.8. The van der Waals surface area contributed by atoms with Gasteiger partial charge in [0.1, 0.15) is 12.4 Å². The lowest BCUT2D eigenvalue weighted by atomic mass is 10.2. The molecule has 0 unspecified atom stereocenters. The second-order valence-corrected chi connectivity index (χ2v) is 8.90. The maximum atomic E-state index is 12.0. The Labute approximate surface area is 198 Å². The van der Waals surface area contributed by atoms with Crippen LogP contribution in [0.3, 0.4) is 0 Å². The molecule has 1 heterocycles. The first-order valence-electron chi connectivity index (χ1n) is 8.12. The number of amides is 1. The monoisotopic (exact) mass is 661 g/mol. The molecule has 0 bridgehead atoms. The van der Waals surface area contributed by atoms with Crippen LogP contribution in [0.4, 0.5) is 0 Å². The molecule has 3 aromatic rings. The highest BCUT2D eigenvalue weighted by molar-refractivity contribution is 14.1. The van der Waals surface area contributed by atoms with Crippen molar-refractivity contribution in [1.29, 1.82) is 0 Å². The average Bonchev–Trinajstić information content (AvgIpc) is 2.69. The highest BCUT2D eigenvalue weighted by Crippen LogP contribution is 2.29. The zero-order chi connectivity index (χ0) is 19.9. The highest BCUT2D eigenvalue weighted by atomic mass is 127. The largest absolute Gasteiger partial charge is 0.487 e. The van der Waals surface area contributed by atoms with E-state index in [9.17, 15) is 4.79 Å². The number of carbonyl (C=O) groups excluding carboxylic acids is 1. The molecule has 8 heteroatoms. The summed E-state index contributed by atoms with van der Waals surface area (Å²) in [5.74, 6) is 0.555. The number of ether oxygens (including phenoxy) is 1. The number of carbonyl (C=O) groups is 1. The number of pyridine rings is 1. The van der Waals surface area contributed by atoms with Crippen LogP contribution in [-0.2, 0) is 6.61 Å². The lowest BCUT2D eigenvalue weighted by Gasteiger charge is -2.11. The van der Waals surface area contributed by atoms with Crippen LogP contribution in [0.1, 0.15) is 21.5 Å². The van der Waals surface area contributed by atoms with Crippen molar-refractivity contribution in [1.82, 2.24) is 10.4 Å². The Balaban J connectivity index is 1.64. The smallest absolute Gasteiger partial charge is 0.271 e. The molecule has 0 aliphatic carbocycles. The summed E-state index contributed by atoms with van der Waals surface area (Å²) >= 11 is 7.91. The first-order chi connectivity index (χ1) is 13.5. The third-order valence-electron chi connectivity index (χ3n) is 3.64. The molecule has 1 N–H and O–H groups in total. The molecule has 0 saturated heterocycles. The van der Waals surface area contributed by atoms with Gasteiger partial charge in [0.05, 0.1) is 13.4 Å². The summed E-state index contributed by atoms with van der Waals surface area (Å²) in [5, 5.41) is 4.03. The van der Waals surface area contributed by atoms with E-state index in [0.29, 0.717) is 12.2 Å². The predicted octanol–water partition coefficient (Wildman–Crippen LogP) is 5.40. The summed E-state index contributed by atoms with van der Waals surface area (Å²) in [7, 11) is 0. The molecule has 0 radical (unpaired) electrons. The molecule has 1 aromatic heterocycles. The minimum Gasteiger partial charge on any atom is -0.487 e. The fourth-order valence-corrected chi connectivity index (χ4v) is 4.65. The lowest BCUT2D eigenvalue weighted by Crippen LogP contribution is -2.17. The summed E-state index contributed by atoms with van der Waals surface area (Å²) in [5.41, 5.74) is 4.99. The fourth-order valence-electron chi connectivity index (χ4n) is 2.26. The molecule has 3 rings (SSSR count). The Morgan fingerprint density at radius 3 is 2.39 bits per heavy atom. The number of benzene rings is 2. The van der Waals surface area contributed by atoms with Gasteiger partial charge in [-0.1, -0.05) is 28.1 Å². The van der Waals surface area contributed by atoms with Crippen molar-refractivity contribution in [3.05, 3.63) is 89.2 Å². The van der Waals surface area contributed by atoms with Gasteiger partial charge >= 0.3 is 0 Å². The molecule has 0 saturated carbocycles. The van der Waals surface area contributed by atoms with Gasteiger partial charge in [0.25, 0.3) is 5.91 Å². The minimum absolute atomic E-state index is 0.280. The topological polar surface area (TPSA) is 63.6 Å². The molecular weight excluding hydrogens is 648 g/mol. The number of hydrogen-bond acceptors (Lipinski definition) is 4. The van der Waals surface area contributed by atoms with Crippen LogP contribution >= 0.6 is 61.1 Å². The molecule has 0 fully saturated rings. The lowest BCUT2D eigenvalue weighted by molar-refractivity contribution is 0.0955. The summed E-state index contributed by atoms with van der Waals surface area (Å²) < 4.78 is 8.99. The van der Waals surface area contributed by atoms with Gasteiger partial charge in [0.2, 0.25) is 0 Å². The summed E-state index contributed by atoms with van der Waals surface area (Å²) in [6.45, 7) is 0.495. The van der Waals surface area contributed by atoms with E-state index in [1.807, 2.05) is 36.4 Å². The molecule has 0 aliphatic rings. The Hall–Kier alpha value is -1.53. The van der Waals surface area contributed by atoms with Crippen LogP contribution in [0.5, 0.6) is 5.75 Å². The van der Waals surface area contributed by atoms with E-state index in [4.69, 9.17) is 4.74 Å². The number of nitrogens with one attached hydrogen (secondary N) is 1. The van der Waals surface area contributed by atoms with Gasteiger partial charge in [0, 0.05) is 22.4 Å². The molecule has 28 heavy (non-hydrogen) atoms. The third kappa shape index (κ3) is 5.98. The molecule has 0 aliphatic heterocycles. The molecule has 142 valence electrons. The van der Waals surface area contributed by atoms with E-state index in [-0.39, 0.29) is 5.91 Å². The first-order valence-corrected chi connectivity index (χ1v) is 11.1. The van der Waals surface area contributed by atoms with Crippen molar-refractivity contribution in [2.45, 2.75) is 6.61 Å². The van der Waals surface area contributed by atoms with Gasteiger partial charge in [0.15, 0.2) is 0 Å². The van der Waals surface area contributed by atoms with Crippen LogP contribution in [0.25, 0.3) is 0 Å². The zero-order valence-electron chi connectivity index (χ0n) is 14.4. The van der Waals surface area contributed by atoms with Crippen molar-refractivity contribution in [3.8, 4) is 5.75 Å². The zero-order valence-corrected chi connectivity index (χ0v) is 20.3. The van der Waals surface area contributed by atoms with E-state index in [1.165, 1.54) is 0 Å². The molecule has 2 aromatic carbocycles. The van der Waals surface area contributed by atoms with Crippen molar-refractivity contribution in [2.75, 3.05) is 0 Å². The second-order valence-electron chi connectivity index (χ2n) is 5.66. The summed E-state index contributed by atoms with van der Waals surface area (Å²) in [4.78, 5) is 15.9. The highest BCUT2D eigenvalue weighted by Gasteiger charge is 2.09. The Morgan fingerprint density at radius 2 is 1.75 bits per heavy atom. The summed E-state index contributed by atoms with van der Waals surface area (Å²) in [6.07, 6.45) is 4.74. The van der Waals surface area contributed by atoms with Gasteiger partial charge in [-0.15, -0.1) is 0 Å². The quantitative estimate of drug-likeness (QED) is 0.219. The predicted molar refractivity (Wildman–Crippen MR) is 130 cm³/mol. The minimum atomic E-state index is -0.280. The Morgan fingerprint density at radius 1 is 1.11 bits per heavy atom. The van der Waals surface area contributed by atoms with Gasteiger partial charge in [-0.3, -0.25) is 9.78 Å². The fraction of sp³-hybridized carbons (Fsp3) is 0.0500. The third-order valence-corrected chi connectivity index (χ3v) is 5.77. The number of rotatable bonds is 6. The van der Waals surface area contributed by atoms with E-state index in [2.05, 4.69) is 76.6 Å². The van der Waals surface area contributed by atoms with E-state index < -0.39 is 0 Å². The number of halogens is 3. The number of aromatic nitrogens is 1. The first kappa shape index (κ1) is 21.2. The molecule has 5 nitrogen and oxygen atoms in total. The standard InChI is InChI=1S/C20H14BrI2N3O2/c21-16-3-1-13(2-4-16)12-28-19-17(22)9-14(10-18(19)23)11-25-26-20(27)15-5-7-24-8-6-15/h1-11H,12H2,(H,26,27)/b25-11+. The maximum Gasteiger partial charge on any atom is 0.271 e. The van der Waals surface area contributed by atoms with Crippen molar-refractivity contribution < 1.29 is 9.53 Å². The van der Waals surface area contributed by atoms with Crippen LogP contribution < -0.4 is 10.2 Å². The van der Waals surface area contributed by atoms with E-state index in [1.54, 1.807) is 30.7 Å². The van der Waals surface area contributed by atoms with Crippen molar-refractivity contribution in [2.24, 2.45) is 5.10 Å². The number of hydrogen-bond donors (Lipinski definition) is 1.